The van der Waals surface area contributed by atoms with Crippen molar-refractivity contribution in [2.75, 3.05) is 13.2 Å². The Kier molecular flexibility index (Phi) is 7.89. The summed E-state index contributed by atoms with van der Waals surface area (Å²) in [5, 5.41) is 3.53. The molecule has 1 aromatic heterocycles. The first-order valence-electron chi connectivity index (χ1n) is 10.1. The first kappa shape index (κ1) is 22.6. The molecule has 0 aliphatic rings. The molecule has 7 heteroatoms. The molecule has 3 rings (SSSR count). The van der Waals surface area contributed by atoms with E-state index in [0.29, 0.717) is 29.8 Å². The minimum absolute atomic E-state index is 0.0767. The maximum atomic E-state index is 13.0. The smallest absolute Gasteiger partial charge is 0.350 e. The van der Waals surface area contributed by atoms with Gasteiger partial charge in [0.2, 0.25) is 5.91 Å². The molecule has 0 saturated heterocycles. The number of ether oxygens (including phenoxy) is 1. The maximum Gasteiger partial charge on any atom is 0.350 e. The number of nitrogens with zero attached hydrogens (tertiary/aromatic N) is 1. The summed E-state index contributed by atoms with van der Waals surface area (Å²) in [6, 6.07) is 14.3. The first-order chi connectivity index (χ1) is 14.9. The lowest BCUT2D eigenvalue weighted by Gasteiger charge is -2.07. The molecule has 0 bridgehead atoms. The minimum atomic E-state index is -0.450. The number of hydrogen-bond donors (Lipinski definition) is 1. The number of rotatable bonds is 9. The van der Waals surface area contributed by atoms with Gasteiger partial charge in [0, 0.05) is 12.8 Å². The lowest BCUT2D eigenvalue weighted by Crippen LogP contribution is -2.28. The Morgan fingerprint density at radius 2 is 1.71 bits per heavy atom. The van der Waals surface area contributed by atoms with Crippen LogP contribution in [0.1, 0.15) is 43.5 Å². The molecule has 5 nitrogen and oxygen atoms in total. The molecule has 3 aromatic rings. The number of thiazole rings is 1. The van der Waals surface area contributed by atoms with Gasteiger partial charge >= 0.3 is 5.97 Å². The van der Waals surface area contributed by atoms with Gasteiger partial charge in [-0.3, -0.25) is 4.79 Å². The van der Waals surface area contributed by atoms with Crippen LogP contribution in [-0.2, 0) is 22.4 Å². The molecule has 0 unspecified atom stereocenters. The molecule has 2 aromatic carbocycles. The number of carbonyl (C=O) groups excluding carboxylic acids is 2. The number of halogens is 1. The van der Waals surface area contributed by atoms with Crippen LogP contribution in [0.25, 0.3) is 0 Å². The average molecular weight is 441 g/mol. The largest absolute Gasteiger partial charge is 0.460 e. The van der Waals surface area contributed by atoms with Gasteiger partial charge in [-0.1, -0.05) is 42.0 Å². The molecular formula is C24H25FN2O3S. The number of amides is 1. The third kappa shape index (κ3) is 7.00. The van der Waals surface area contributed by atoms with Crippen molar-refractivity contribution in [1.29, 1.82) is 0 Å². The third-order valence-corrected chi connectivity index (χ3v) is 5.85. The Bertz CT molecular complexity index is 1030. The van der Waals surface area contributed by atoms with E-state index in [-0.39, 0.29) is 24.9 Å². The van der Waals surface area contributed by atoms with E-state index >= 15 is 0 Å². The number of carbonyl (C=O) groups is 2. The Balaban J connectivity index is 1.40. The lowest BCUT2D eigenvalue weighted by molar-refractivity contribution is -0.121. The van der Waals surface area contributed by atoms with Gasteiger partial charge in [0.05, 0.1) is 17.2 Å². The molecule has 0 fully saturated rings. The van der Waals surface area contributed by atoms with E-state index in [4.69, 9.17) is 4.74 Å². The van der Waals surface area contributed by atoms with E-state index < -0.39 is 5.97 Å². The average Bonchev–Trinajstić information content (AvgIpc) is 3.12. The summed E-state index contributed by atoms with van der Waals surface area (Å²) < 4.78 is 18.3. The zero-order valence-corrected chi connectivity index (χ0v) is 18.4. The Labute approximate surface area is 185 Å². The predicted octanol–water partition coefficient (Wildman–Crippen LogP) is 4.40. The van der Waals surface area contributed by atoms with Gasteiger partial charge in [-0.15, -0.1) is 11.3 Å². The second-order valence-corrected chi connectivity index (χ2v) is 8.38. The fraction of sp³-hybridized carbons (Fsp3) is 0.292. The van der Waals surface area contributed by atoms with Crippen LogP contribution in [0, 0.1) is 19.7 Å². The summed E-state index contributed by atoms with van der Waals surface area (Å²) in [5.74, 6) is -0.813. The SMILES string of the molecule is Cc1ccc(CCC(=O)NCCOC(=O)c2sc(Cc3ccc(F)cc3)nc2C)cc1. The second-order valence-electron chi connectivity index (χ2n) is 7.30. The topological polar surface area (TPSA) is 68.3 Å². The van der Waals surface area contributed by atoms with Crippen molar-refractivity contribution in [2.45, 2.75) is 33.1 Å². The van der Waals surface area contributed by atoms with Crippen molar-refractivity contribution in [2.24, 2.45) is 0 Å². The van der Waals surface area contributed by atoms with Crippen molar-refractivity contribution in [3.63, 3.8) is 0 Å². The highest BCUT2D eigenvalue weighted by Crippen LogP contribution is 2.22. The Morgan fingerprint density at radius 1 is 1.03 bits per heavy atom. The molecule has 0 aliphatic heterocycles. The standard InChI is InChI=1S/C24H25FN2O3S/c1-16-3-5-18(6-4-16)9-12-21(28)26-13-14-30-24(29)23-17(2)27-22(31-23)15-19-7-10-20(25)11-8-19/h3-8,10-11H,9,12-15H2,1-2H3,(H,26,28). The summed E-state index contributed by atoms with van der Waals surface area (Å²) in [7, 11) is 0. The molecule has 0 radical (unpaired) electrons. The fourth-order valence-electron chi connectivity index (χ4n) is 2.99. The maximum absolute atomic E-state index is 13.0. The van der Waals surface area contributed by atoms with Gasteiger partial charge in [-0.05, 0) is 43.5 Å². The molecule has 0 aliphatic carbocycles. The van der Waals surface area contributed by atoms with Crippen molar-refractivity contribution in [3.8, 4) is 0 Å². The summed E-state index contributed by atoms with van der Waals surface area (Å²) in [6.07, 6.45) is 1.58. The lowest BCUT2D eigenvalue weighted by atomic mass is 10.1. The summed E-state index contributed by atoms with van der Waals surface area (Å²) in [6.45, 7) is 4.14. The van der Waals surface area contributed by atoms with Crippen molar-refractivity contribution >= 4 is 23.2 Å². The van der Waals surface area contributed by atoms with E-state index in [0.717, 1.165) is 16.1 Å². The molecule has 0 atom stereocenters. The number of aromatic nitrogens is 1. The number of benzene rings is 2. The van der Waals surface area contributed by atoms with Crippen LogP contribution in [0.15, 0.2) is 48.5 Å². The molecule has 162 valence electrons. The normalized spacial score (nSPS) is 10.7. The minimum Gasteiger partial charge on any atom is -0.460 e. The quantitative estimate of drug-likeness (QED) is 0.396. The van der Waals surface area contributed by atoms with Crippen LogP contribution >= 0.6 is 11.3 Å². The highest BCUT2D eigenvalue weighted by Gasteiger charge is 2.17. The zero-order chi connectivity index (χ0) is 22.2. The first-order valence-corrected chi connectivity index (χ1v) is 10.9. The van der Waals surface area contributed by atoms with E-state index in [9.17, 15) is 14.0 Å². The van der Waals surface area contributed by atoms with Crippen molar-refractivity contribution in [1.82, 2.24) is 10.3 Å². The molecular weight excluding hydrogens is 415 g/mol. The van der Waals surface area contributed by atoms with Gasteiger partial charge in [0.25, 0.3) is 0 Å². The Morgan fingerprint density at radius 3 is 2.42 bits per heavy atom. The fourth-order valence-corrected chi connectivity index (χ4v) is 3.99. The molecule has 0 saturated carbocycles. The monoisotopic (exact) mass is 440 g/mol. The molecule has 1 heterocycles. The molecule has 1 N–H and O–H groups in total. The van der Waals surface area contributed by atoms with Crippen LogP contribution in [0.5, 0.6) is 0 Å². The number of esters is 1. The van der Waals surface area contributed by atoms with Crippen LogP contribution in [0.4, 0.5) is 4.39 Å². The molecule has 31 heavy (non-hydrogen) atoms. The zero-order valence-electron chi connectivity index (χ0n) is 17.6. The molecule has 0 spiro atoms. The van der Waals surface area contributed by atoms with Crippen molar-refractivity contribution < 1.29 is 18.7 Å². The second kappa shape index (κ2) is 10.8. The highest BCUT2D eigenvalue weighted by atomic mass is 32.1. The number of aryl methyl sites for hydroxylation is 3. The van der Waals surface area contributed by atoms with Crippen LogP contribution in [0.2, 0.25) is 0 Å². The van der Waals surface area contributed by atoms with Gasteiger partial charge < -0.3 is 10.1 Å². The van der Waals surface area contributed by atoms with E-state index in [1.807, 2.05) is 31.2 Å². The van der Waals surface area contributed by atoms with Gasteiger partial charge in [0.1, 0.15) is 17.3 Å². The van der Waals surface area contributed by atoms with E-state index in [2.05, 4.69) is 10.3 Å². The number of hydrogen-bond acceptors (Lipinski definition) is 5. The van der Waals surface area contributed by atoms with Crippen LogP contribution in [0.3, 0.4) is 0 Å². The third-order valence-electron chi connectivity index (χ3n) is 4.71. The summed E-state index contributed by atoms with van der Waals surface area (Å²) in [4.78, 5) is 29.2. The van der Waals surface area contributed by atoms with Crippen molar-refractivity contribution in [3.05, 3.63) is 86.6 Å². The molecule has 1 amide bonds. The number of nitrogens with one attached hydrogen (secondary N) is 1. The summed E-state index contributed by atoms with van der Waals surface area (Å²) >= 11 is 1.27. The van der Waals surface area contributed by atoms with Crippen LogP contribution in [-0.4, -0.2) is 30.0 Å². The summed E-state index contributed by atoms with van der Waals surface area (Å²) in [5.41, 5.74) is 3.83. The van der Waals surface area contributed by atoms with Gasteiger partial charge in [-0.25, -0.2) is 14.2 Å². The highest BCUT2D eigenvalue weighted by molar-refractivity contribution is 7.13. The van der Waals surface area contributed by atoms with E-state index in [1.54, 1.807) is 19.1 Å². The van der Waals surface area contributed by atoms with Gasteiger partial charge in [-0.2, -0.15) is 0 Å². The predicted molar refractivity (Wildman–Crippen MR) is 119 cm³/mol. The Hall–Kier alpha value is -3.06. The van der Waals surface area contributed by atoms with E-state index in [1.165, 1.54) is 29.0 Å². The van der Waals surface area contributed by atoms with Crippen LogP contribution < -0.4 is 5.32 Å². The van der Waals surface area contributed by atoms with Gasteiger partial charge in [0.15, 0.2) is 0 Å².